The maximum absolute atomic E-state index is 14.3. The van der Waals surface area contributed by atoms with Crippen LogP contribution in [0.15, 0.2) is 64.4 Å². The van der Waals surface area contributed by atoms with Gasteiger partial charge in [-0.2, -0.15) is 12.7 Å². The number of ether oxygens (including phenoxy) is 1. The molecule has 12 heteroatoms. The Morgan fingerprint density at radius 1 is 0.727 bits per heavy atom. The van der Waals surface area contributed by atoms with Crippen LogP contribution in [-0.4, -0.2) is 90.0 Å². The number of benzene rings is 3. The maximum atomic E-state index is 14.3. The highest BCUT2D eigenvalue weighted by atomic mass is 32.2. The van der Waals surface area contributed by atoms with Gasteiger partial charge in [-0.1, -0.05) is 18.2 Å². The summed E-state index contributed by atoms with van der Waals surface area (Å²) in [7, 11) is -6.87. The molecule has 1 saturated heterocycles. The van der Waals surface area contributed by atoms with Crippen LogP contribution in [0.2, 0.25) is 0 Å². The Hall–Kier alpha value is -3.16. The van der Waals surface area contributed by atoms with Gasteiger partial charge in [0.1, 0.15) is 11.5 Å². The lowest BCUT2D eigenvalue weighted by Crippen LogP contribution is -2.47. The molecule has 0 unspecified atom stereocenters. The van der Waals surface area contributed by atoms with E-state index in [2.05, 4.69) is 37.5 Å². The van der Waals surface area contributed by atoms with Gasteiger partial charge in [0.15, 0.2) is 0 Å². The van der Waals surface area contributed by atoms with Crippen LogP contribution in [0.4, 0.5) is 11.4 Å². The number of piperazine rings is 1. The van der Waals surface area contributed by atoms with E-state index in [1.807, 2.05) is 48.3 Å². The van der Waals surface area contributed by atoms with Gasteiger partial charge in [-0.25, -0.2) is 8.42 Å². The van der Waals surface area contributed by atoms with E-state index < -0.39 is 31.0 Å². The number of anilines is 2. The number of hydrogen-bond donors (Lipinski definition) is 1. The van der Waals surface area contributed by atoms with Crippen molar-refractivity contribution in [1.82, 2.24) is 9.21 Å². The van der Waals surface area contributed by atoms with Gasteiger partial charge in [0.25, 0.3) is 10.1 Å². The molecule has 44 heavy (non-hydrogen) atoms. The molecule has 2 heterocycles. The van der Waals surface area contributed by atoms with E-state index in [-0.39, 0.29) is 18.0 Å². The van der Waals surface area contributed by atoms with Crippen LogP contribution in [0, 0.1) is 0 Å². The van der Waals surface area contributed by atoms with Gasteiger partial charge in [0.2, 0.25) is 10.0 Å². The second-order valence-electron chi connectivity index (χ2n) is 11.2. The Kier molecular flexibility index (Phi) is 9.29. The third kappa shape index (κ3) is 6.05. The number of fused-ring (bicyclic) bond motifs is 2. The maximum Gasteiger partial charge on any atom is 0.294 e. The lowest BCUT2D eigenvalue weighted by atomic mass is 9.82. The molecule has 1 fully saturated rings. The highest BCUT2D eigenvalue weighted by Crippen LogP contribution is 2.51. The lowest BCUT2D eigenvalue weighted by molar-refractivity contribution is 0.222. The summed E-state index contributed by atoms with van der Waals surface area (Å²) in [5, 5.41) is 0. The van der Waals surface area contributed by atoms with Crippen LogP contribution in [0.1, 0.15) is 50.3 Å². The average Bonchev–Trinajstić information content (AvgIpc) is 3.00. The standard InChI is InChI=1S/C32H42N4O6S2/c1-6-34(7-2)23-10-13-26-29(20-23)42-30-21-24(35(8-3)9-4)11-14-27(30)32(26)28-15-12-25(44(39,40)41)22-31(28)43(37,38)36-18-16-33(5)17-19-36/h10-15,20-22,32H,6-9,16-19H2,1-5H3,(H,39,40,41). The fraction of sp³-hybridized carbons (Fsp3) is 0.438. The monoisotopic (exact) mass is 642 g/mol. The van der Waals surface area contributed by atoms with Crippen molar-refractivity contribution in [1.29, 1.82) is 0 Å². The molecule has 5 rings (SSSR count). The minimum Gasteiger partial charge on any atom is -0.457 e. The van der Waals surface area contributed by atoms with E-state index in [9.17, 15) is 21.4 Å². The second kappa shape index (κ2) is 12.7. The Balaban J connectivity index is 1.76. The molecule has 3 aromatic rings. The zero-order chi connectivity index (χ0) is 31.8. The normalized spacial score (nSPS) is 16.2. The van der Waals surface area contributed by atoms with Crippen LogP contribution < -0.4 is 14.5 Å². The number of rotatable bonds is 10. The van der Waals surface area contributed by atoms with E-state index in [0.29, 0.717) is 30.2 Å². The van der Waals surface area contributed by atoms with E-state index in [1.54, 1.807) is 0 Å². The van der Waals surface area contributed by atoms with Gasteiger partial charge >= 0.3 is 0 Å². The zero-order valence-electron chi connectivity index (χ0n) is 26.0. The molecule has 10 nitrogen and oxygen atoms in total. The Morgan fingerprint density at radius 3 is 1.66 bits per heavy atom. The minimum absolute atomic E-state index is 0.137. The van der Waals surface area contributed by atoms with Crippen molar-refractivity contribution in [3.63, 3.8) is 0 Å². The number of likely N-dealkylation sites (N-methyl/N-ethyl adjacent to an activating group) is 1. The summed E-state index contributed by atoms with van der Waals surface area (Å²) < 4.78 is 71.0. The van der Waals surface area contributed by atoms with Gasteiger partial charge in [0.05, 0.1) is 9.79 Å². The quantitative estimate of drug-likeness (QED) is 0.243. The highest BCUT2D eigenvalue weighted by molar-refractivity contribution is 7.89. The van der Waals surface area contributed by atoms with Crippen LogP contribution >= 0.6 is 0 Å². The fourth-order valence-corrected chi connectivity index (χ4v) is 8.46. The van der Waals surface area contributed by atoms with E-state index in [1.165, 1.54) is 16.4 Å². The summed E-state index contributed by atoms with van der Waals surface area (Å²) in [5.41, 5.74) is 3.95. The van der Waals surface area contributed by atoms with Crippen molar-refractivity contribution >= 4 is 31.5 Å². The SMILES string of the molecule is CCN(CC)c1ccc2c(c1)Oc1cc(N(CC)CC)ccc1C2c1ccc(S(=O)(=O)O)cc1S(=O)(=O)N1CCN(C)CC1. The summed E-state index contributed by atoms with van der Waals surface area (Å²) in [6.07, 6.45) is 0. The smallest absolute Gasteiger partial charge is 0.294 e. The van der Waals surface area contributed by atoms with Crippen molar-refractivity contribution < 1.29 is 26.1 Å². The first-order valence-electron chi connectivity index (χ1n) is 15.2. The van der Waals surface area contributed by atoms with Gasteiger partial charge in [-0.3, -0.25) is 4.55 Å². The first kappa shape index (κ1) is 32.2. The number of sulfonamides is 1. The Bertz CT molecular complexity index is 1670. The molecule has 1 N–H and O–H groups in total. The summed E-state index contributed by atoms with van der Waals surface area (Å²) >= 11 is 0. The van der Waals surface area contributed by atoms with Gasteiger partial charge in [-0.05, 0) is 64.6 Å². The molecule has 3 aromatic carbocycles. The van der Waals surface area contributed by atoms with Crippen LogP contribution in [0.5, 0.6) is 11.5 Å². The van der Waals surface area contributed by atoms with E-state index in [0.717, 1.165) is 54.7 Å². The van der Waals surface area contributed by atoms with E-state index in [4.69, 9.17) is 4.74 Å². The summed E-state index contributed by atoms with van der Waals surface area (Å²) in [5.74, 6) is 0.661. The van der Waals surface area contributed by atoms with Crippen molar-refractivity contribution in [2.45, 2.75) is 43.4 Å². The molecule has 0 spiro atoms. The summed E-state index contributed by atoms with van der Waals surface area (Å²) in [6, 6.07) is 15.8. The summed E-state index contributed by atoms with van der Waals surface area (Å²) in [4.78, 5) is 5.87. The first-order chi connectivity index (χ1) is 20.9. The number of nitrogens with zero attached hydrogens (tertiary/aromatic N) is 4. The minimum atomic E-state index is -4.66. The molecule has 2 aliphatic rings. The topological polar surface area (TPSA) is 111 Å². The molecule has 238 valence electrons. The third-order valence-corrected chi connectivity index (χ3v) is 11.6. The number of hydrogen-bond acceptors (Lipinski definition) is 8. The third-order valence-electron chi connectivity index (χ3n) is 8.77. The summed E-state index contributed by atoms with van der Waals surface area (Å²) in [6.45, 7) is 13.3. The molecule has 0 radical (unpaired) electrons. The molecular weight excluding hydrogens is 601 g/mol. The Morgan fingerprint density at radius 2 is 1.20 bits per heavy atom. The molecule has 0 bridgehead atoms. The van der Waals surface area contributed by atoms with Gasteiger partial charge in [0, 0.05) is 92.9 Å². The van der Waals surface area contributed by atoms with Gasteiger partial charge < -0.3 is 19.4 Å². The fourth-order valence-electron chi connectivity index (χ4n) is 6.20. The first-order valence-corrected chi connectivity index (χ1v) is 18.1. The molecular formula is C32H42N4O6S2. The van der Waals surface area contributed by atoms with Crippen molar-refractivity contribution in [2.75, 3.05) is 69.2 Å². The van der Waals surface area contributed by atoms with Crippen molar-refractivity contribution in [3.05, 3.63) is 71.3 Å². The molecule has 0 aliphatic carbocycles. The molecule has 0 aromatic heterocycles. The lowest BCUT2D eigenvalue weighted by Gasteiger charge is -2.34. The van der Waals surface area contributed by atoms with Crippen LogP contribution in [0.25, 0.3) is 0 Å². The van der Waals surface area contributed by atoms with Crippen LogP contribution in [-0.2, 0) is 20.1 Å². The zero-order valence-corrected chi connectivity index (χ0v) is 27.7. The van der Waals surface area contributed by atoms with Crippen molar-refractivity contribution in [2.24, 2.45) is 0 Å². The van der Waals surface area contributed by atoms with Crippen LogP contribution in [0.3, 0.4) is 0 Å². The Labute approximate surface area is 261 Å². The highest BCUT2D eigenvalue weighted by Gasteiger charge is 2.37. The largest absolute Gasteiger partial charge is 0.457 e. The van der Waals surface area contributed by atoms with Gasteiger partial charge in [-0.15, -0.1) is 0 Å². The molecule has 0 amide bonds. The predicted octanol–water partition coefficient (Wildman–Crippen LogP) is 4.85. The van der Waals surface area contributed by atoms with Crippen molar-refractivity contribution in [3.8, 4) is 11.5 Å². The molecule has 0 saturated carbocycles. The molecule has 2 aliphatic heterocycles. The second-order valence-corrected chi connectivity index (χ2v) is 14.5. The average molecular weight is 643 g/mol. The van der Waals surface area contributed by atoms with E-state index >= 15 is 0 Å². The predicted molar refractivity (Wildman–Crippen MR) is 174 cm³/mol. The molecule has 0 atom stereocenters.